The molecule has 0 radical (unpaired) electrons. The fourth-order valence-electron chi connectivity index (χ4n) is 4.66. The van der Waals surface area contributed by atoms with Crippen LogP contribution in [0.5, 0.6) is 0 Å². The van der Waals surface area contributed by atoms with Gasteiger partial charge in [0.05, 0.1) is 18.8 Å². The van der Waals surface area contributed by atoms with E-state index in [1.807, 2.05) is 30.3 Å². The zero-order valence-corrected chi connectivity index (χ0v) is 25.4. The lowest BCUT2D eigenvalue weighted by Crippen LogP contribution is -2.56. The van der Waals surface area contributed by atoms with Crippen molar-refractivity contribution in [3.05, 3.63) is 35.9 Å². The number of hydrogen-bond donors (Lipinski definition) is 5. The first kappa shape index (κ1) is 35.9. The van der Waals surface area contributed by atoms with Crippen molar-refractivity contribution in [3.63, 3.8) is 0 Å². The summed E-state index contributed by atoms with van der Waals surface area (Å²) in [5, 5.41) is 36.3. The van der Waals surface area contributed by atoms with Gasteiger partial charge in [-0.15, -0.1) is 0 Å². The lowest BCUT2D eigenvalue weighted by atomic mass is 9.98. The fraction of sp³-hybridized carbons (Fsp3) is 0.750. The lowest BCUT2D eigenvalue weighted by molar-refractivity contribution is -0.126. The maximum absolute atomic E-state index is 13.1. The quantitative estimate of drug-likeness (QED) is 0.127. The summed E-state index contributed by atoms with van der Waals surface area (Å²) in [5.74, 6) is -0.578. The number of carbonyl (C=O) groups excluding carboxylic acids is 2. The van der Waals surface area contributed by atoms with Crippen molar-refractivity contribution in [2.75, 3.05) is 6.61 Å². The molecule has 1 rings (SSSR count). The third-order valence-corrected chi connectivity index (χ3v) is 6.97. The third-order valence-electron chi connectivity index (χ3n) is 6.97. The minimum atomic E-state index is -1.33. The number of aliphatic hydroxyl groups excluding tert-OH is 3. The van der Waals surface area contributed by atoms with Gasteiger partial charge in [-0.1, -0.05) is 114 Å². The summed E-state index contributed by atoms with van der Waals surface area (Å²) < 4.78 is 5.31. The second-order valence-electron chi connectivity index (χ2n) is 11.9. The molecule has 230 valence electrons. The molecule has 0 bridgehead atoms. The standard InChI is InChI=1S/C32H56N2O6/c1-5-6-7-8-9-10-11-12-13-14-15-19-22-28(36)29(37)27(24-35)33-30(38)26(23-25-20-17-16-18-21-25)34-31(39)40-32(2,3)4/h16-18,20-21,26-29,35-37H,5-15,19,22-24H2,1-4H3,(H,33,38)(H,34,39)/t26-,27+,28-,29+/m0/s1. The van der Waals surface area contributed by atoms with E-state index in [2.05, 4.69) is 17.6 Å². The monoisotopic (exact) mass is 564 g/mol. The minimum absolute atomic E-state index is 0.196. The van der Waals surface area contributed by atoms with Gasteiger partial charge in [-0.25, -0.2) is 4.79 Å². The van der Waals surface area contributed by atoms with Crippen LogP contribution < -0.4 is 10.6 Å². The number of unbranched alkanes of at least 4 members (excludes halogenated alkanes) is 11. The molecular formula is C32H56N2O6. The van der Waals surface area contributed by atoms with Crippen LogP contribution in [0.2, 0.25) is 0 Å². The zero-order valence-electron chi connectivity index (χ0n) is 25.4. The smallest absolute Gasteiger partial charge is 0.408 e. The van der Waals surface area contributed by atoms with E-state index in [-0.39, 0.29) is 6.42 Å². The van der Waals surface area contributed by atoms with Crippen molar-refractivity contribution >= 4 is 12.0 Å². The third kappa shape index (κ3) is 16.8. The Kier molecular flexibility index (Phi) is 18.5. The van der Waals surface area contributed by atoms with Gasteiger partial charge >= 0.3 is 6.09 Å². The number of ether oxygens (including phenoxy) is 1. The second kappa shape index (κ2) is 20.7. The van der Waals surface area contributed by atoms with E-state index in [4.69, 9.17) is 4.74 Å². The number of carbonyl (C=O) groups is 2. The van der Waals surface area contributed by atoms with Crippen LogP contribution in [0.1, 0.15) is 117 Å². The highest BCUT2D eigenvalue weighted by molar-refractivity contribution is 5.86. The van der Waals surface area contributed by atoms with Gasteiger partial charge in [-0.2, -0.15) is 0 Å². The predicted octanol–water partition coefficient (Wildman–Crippen LogP) is 5.41. The molecule has 0 saturated carbocycles. The largest absolute Gasteiger partial charge is 0.444 e. The Hall–Kier alpha value is -2.16. The molecule has 4 atom stereocenters. The van der Waals surface area contributed by atoms with Crippen LogP contribution in [0.3, 0.4) is 0 Å². The maximum Gasteiger partial charge on any atom is 0.408 e. The van der Waals surface area contributed by atoms with Gasteiger partial charge < -0.3 is 30.7 Å². The average molecular weight is 565 g/mol. The first-order valence-corrected chi connectivity index (χ1v) is 15.4. The van der Waals surface area contributed by atoms with Gasteiger partial charge in [0.15, 0.2) is 0 Å². The predicted molar refractivity (Wildman–Crippen MR) is 160 cm³/mol. The van der Waals surface area contributed by atoms with Crippen LogP contribution in [-0.4, -0.2) is 63.8 Å². The minimum Gasteiger partial charge on any atom is -0.444 e. The topological polar surface area (TPSA) is 128 Å². The first-order valence-electron chi connectivity index (χ1n) is 15.4. The number of nitrogens with one attached hydrogen (secondary N) is 2. The van der Waals surface area contributed by atoms with Crippen molar-refractivity contribution in [1.82, 2.24) is 10.6 Å². The van der Waals surface area contributed by atoms with Crippen LogP contribution in [0.4, 0.5) is 4.79 Å². The van der Waals surface area contributed by atoms with E-state index < -0.39 is 48.5 Å². The highest BCUT2D eigenvalue weighted by Gasteiger charge is 2.31. The number of alkyl carbamates (subject to hydrolysis) is 1. The van der Waals surface area contributed by atoms with Crippen LogP contribution in [0, 0.1) is 0 Å². The van der Waals surface area contributed by atoms with Gasteiger partial charge in [-0.3, -0.25) is 4.79 Å². The van der Waals surface area contributed by atoms with E-state index in [9.17, 15) is 24.9 Å². The van der Waals surface area contributed by atoms with Gasteiger partial charge in [0.1, 0.15) is 17.7 Å². The molecule has 0 unspecified atom stereocenters. The SMILES string of the molecule is CCCCCCCCCCCCCC[C@H](O)[C@H](O)[C@@H](CO)NC(=O)[C@H](Cc1ccccc1)NC(=O)OC(C)(C)C. The summed E-state index contributed by atoms with van der Waals surface area (Å²) in [6.45, 7) is 6.88. The Morgan fingerprint density at radius 1 is 0.825 bits per heavy atom. The molecule has 1 aromatic rings. The Labute approximate surface area is 242 Å². The normalized spacial score (nSPS) is 14.7. The van der Waals surface area contributed by atoms with E-state index in [0.717, 1.165) is 24.8 Å². The Bertz CT molecular complexity index is 798. The summed E-state index contributed by atoms with van der Waals surface area (Å²) in [7, 11) is 0. The van der Waals surface area contributed by atoms with Gasteiger partial charge in [0.25, 0.3) is 0 Å². The van der Waals surface area contributed by atoms with Crippen LogP contribution in [0.25, 0.3) is 0 Å². The molecule has 8 nitrogen and oxygen atoms in total. The van der Waals surface area contributed by atoms with E-state index in [0.29, 0.717) is 6.42 Å². The summed E-state index contributed by atoms with van der Waals surface area (Å²) in [6, 6.07) is 7.15. The van der Waals surface area contributed by atoms with Crippen molar-refractivity contribution in [1.29, 1.82) is 0 Å². The molecule has 5 N–H and O–H groups in total. The summed E-state index contributed by atoms with van der Waals surface area (Å²) >= 11 is 0. The molecule has 0 aliphatic carbocycles. The second-order valence-corrected chi connectivity index (χ2v) is 11.9. The molecule has 0 aliphatic heterocycles. The van der Waals surface area contributed by atoms with Crippen molar-refractivity contribution in [2.45, 2.75) is 147 Å². The Morgan fingerprint density at radius 3 is 1.85 bits per heavy atom. The van der Waals surface area contributed by atoms with Crippen molar-refractivity contribution in [2.24, 2.45) is 0 Å². The molecular weight excluding hydrogens is 508 g/mol. The van der Waals surface area contributed by atoms with Crippen LogP contribution >= 0.6 is 0 Å². The number of aliphatic hydroxyl groups is 3. The molecule has 40 heavy (non-hydrogen) atoms. The maximum atomic E-state index is 13.1. The van der Waals surface area contributed by atoms with Gasteiger partial charge in [-0.05, 0) is 32.8 Å². The molecule has 8 heteroatoms. The Morgan fingerprint density at radius 2 is 1.35 bits per heavy atom. The van der Waals surface area contributed by atoms with Crippen LogP contribution in [-0.2, 0) is 16.0 Å². The molecule has 1 aromatic carbocycles. The first-order chi connectivity index (χ1) is 19.1. The highest BCUT2D eigenvalue weighted by Crippen LogP contribution is 2.15. The number of rotatable bonds is 21. The summed E-state index contributed by atoms with van der Waals surface area (Å²) in [6.07, 6.45) is 11.9. The molecule has 0 aromatic heterocycles. The molecule has 0 spiro atoms. The van der Waals surface area contributed by atoms with E-state index >= 15 is 0 Å². The van der Waals surface area contributed by atoms with Crippen LogP contribution in [0.15, 0.2) is 30.3 Å². The molecule has 0 fully saturated rings. The summed E-state index contributed by atoms with van der Waals surface area (Å²) in [5.41, 5.74) is 0.0893. The average Bonchev–Trinajstić information content (AvgIpc) is 2.90. The number of hydrogen-bond acceptors (Lipinski definition) is 6. The lowest BCUT2D eigenvalue weighted by Gasteiger charge is -2.29. The number of benzene rings is 1. The Balaban J connectivity index is 2.49. The number of amides is 2. The van der Waals surface area contributed by atoms with Gasteiger partial charge in [0.2, 0.25) is 5.91 Å². The molecule has 0 heterocycles. The molecule has 2 amide bonds. The van der Waals surface area contributed by atoms with Crippen molar-refractivity contribution in [3.8, 4) is 0 Å². The van der Waals surface area contributed by atoms with E-state index in [1.54, 1.807) is 20.8 Å². The van der Waals surface area contributed by atoms with Crippen molar-refractivity contribution < 1.29 is 29.6 Å². The zero-order chi connectivity index (χ0) is 29.8. The van der Waals surface area contributed by atoms with Gasteiger partial charge in [0, 0.05) is 6.42 Å². The summed E-state index contributed by atoms with van der Waals surface area (Å²) in [4.78, 5) is 25.5. The molecule has 0 aliphatic rings. The highest BCUT2D eigenvalue weighted by atomic mass is 16.6. The molecule has 0 saturated heterocycles. The fourth-order valence-corrected chi connectivity index (χ4v) is 4.66. The van der Waals surface area contributed by atoms with E-state index in [1.165, 1.54) is 57.8 Å².